The maximum Gasteiger partial charge on any atom is 0.134 e. The summed E-state index contributed by atoms with van der Waals surface area (Å²) < 4.78 is 2.21. The summed E-state index contributed by atoms with van der Waals surface area (Å²) in [6.07, 6.45) is 6.01. The second-order valence-electron chi connectivity index (χ2n) is 5.57. The molecule has 1 aliphatic rings. The van der Waals surface area contributed by atoms with Crippen LogP contribution in [0, 0.1) is 5.92 Å². The maximum atomic E-state index is 11.5. The zero-order valence-electron chi connectivity index (χ0n) is 11.6. The third-order valence-electron chi connectivity index (χ3n) is 3.77. The molecule has 4 heteroatoms. The molecule has 100 valence electrons. The number of imidazole rings is 1. The van der Waals surface area contributed by atoms with Crippen LogP contribution in [0.2, 0.25) is 0 Å². The number of Topliss-reactive ketones (excluding diaryl/α,β-unsaturated/α-hetero) is 1. The van der Waals surface area contributed by atoms with Crippen molar-refractivity contribution < 1.29 is 4.79 Å². The minimum Gasteiger partial charge on any atom is -0.331 e. The molecule has 0 aliphatic carbocycles. The number of piperidine rings is 1. The molecule has 1 aromatic heterocycles. The van der Waals surface area contributed by atoms with Crippen LogP contribution in [-0.2, 0) is 11.3 Å². The van der Waals surface area contributed by atoms with Gasteiger partial charge < -0.3 is 4.57 Å². The van der Waals surface area contributed by atoms with Gasteiger partial charge in [0.2, 0.25) is 0 Å². The van der Waals surface area contributed by atoms with Crippen LogP contribution in [0.5, 0.6) is 0 Å². The van der Waals surface area contributed by atoms with E-state index in [1.807, 2.05) is 12.5 Å². The summed E-state index contributed by atoms with van der Waals surface area (Å²) in [6.45, 7) is 8.94. The predicted octanol–water partition coefficient (Wildman–Crippen LogP) is 2.27. The Morgan fingerprint density at radius 3 is 3.00 bits per heavy atom. The van der Waals surface area contributed by atoms with Crippen molar-refractivity contribution in [2.75, 3.05) is 13.1 Å². The Morgan fingerprint density at radius 2 is 2.33 bits per heavy atom. The molecule has 1 aromatic rings. The Hall–Kier alpha value is -1.16. The molecule has 0 amide bonds. The van der Waals surface area contributed by atoms with Gasteiger partial charge in [-0.2, -0.15) is 0 Å². The third kappa shape index (κ3) is 2.99. The first-order chi connectivity index (χ1) is 8.58. The highest BCUT2D eigenvalue weighted by Crippen LogP contribution is 2.20. The Balaban J connectivity index is 2.00. The highest BCUT2D eigenvalue weighted by atomic mass is 16.1. The maximum absolute atomic E-state index is 11.5. The largest absolute Gasteiger partial charge is 0.331 e. The molecule has 2 heterocycles. The minimum atomic E-state index is 0.231. The highest BCUT2D eigenvalue weighted by molar-refractivity contribution is 5.78. The third-order valence-corrected chi connectivity index (χ3v) is 3.77. The first-order valence-corrected chi connectivity index (χ1v) is 6.81. The van der Waals surface area contributed by atoms with E-state index < -0.39 is 0 Å². The number of carbonyl (C=O) groups excluding carboxylic acids is 1. The normalized spacial score (nSPS) is 21.4. The molecule has 1 atom stereocenters. The zero-order chi connectivity index (χ0) is 13.1. The molecule has 0 saturated carbocycles. The highest BCUT2D eigenvalue weighted by Gasteiger charge is 2.23. The van der Waals surface area contributed by atoms with Crippen molar-refractivity contribution in [1.29, 1.82) is 0 Å². The molecule has 1 aliphatic heterocycles. The number of nitrogens with zero attached hydrogens (tertiary/aromatic N) is 3. The van der Waals surface area contributed by atoms with E-state index in [1.54, 1.807) is 6.92 Å². The number of likely N-dealkylation sites (tertiary alicyclic amines) is 1. The van der Waals surface area contributed by atoms with Crippen LogP contribution in [0.15, 0.2) is 12.5 Å². The molecule has 0 bridgehead atoms. The Kier molecular flexibility index (Phi) is 4.17. The molecule has 0 aromatic carbocycles. The Labute approximate surface area is 109 Å². The average Bonchev–Trinajstić information content (AvgIpc) is 2.77. The summed E-state index contributed by atoms with van der Waals surface area (Å²) >= 11 is 0. The van der Waals surface area contributed by atoms with Crippen LogP contribution in [0.25, 0.3) is 0 Å². The molecule has 1 saturated heterocycles. The average molecular weight is 249 g/mol. The van der Waals surface area contributed by atoms with Crippen LogP contribution in [0.4, 0.5) is 0 Å². The summed E-state index contributed by atoms with van der Waals surface area (Å²) in [5.74, 6) is 0.561. The predicted molar refractivity (Wildman–Crippen MR) is 71.3 cm³/mol. The monoisotopic (exact) mass is 249 g/mol. The lowest BCUT2D eigenvalue weighted by atomic mass is 9.94. The second kappa shape index (κ2) is 5.65. The lowest BCUT2D eigenvalue weighted by Crippen LogP contribution is -2.38. The minimum absolute atomic E-state index is 0.231. The van der Waals surface area contributed by atoms with E-state index in [0.717, 1.165) is 32.5 Å². The number of hydrogen-bond acceptors (Lipinski definition) is 3. The Morgan fingerprint density at radius 1 is 1.56 bits per heavy atom. The van der Waals surface area contributed by atoms with Crippen molar-refractivity contribution in [3.05, 3.63) is 18.2 Å². The van der Waals surface area contributed by atoms with Gasteiger partial charge in [0.05, 0.1) is 12.0 Å². The van der Waals surface area contributed by atoms with Crippen molar-refractivity contribution in [1.82, 2.24) is 14.5 Å². The van der Waals surface area contributed by atoms with Gasteiger partial charge in [0, 0.05) is 31.2 Å². The van der Waals surface area contributed by atoms with Gasteiger partial charge >= 0.3 is 0 Å². The standard InChI is InChI=1S/C14H23N3O/c1-11(2)17-10-15-7-14(17)9-16-6-4-5-13(8-16)12(3)18/h7,10-11,13H,4-6,8-9H2,1-3H3. The molecular weight excluding hydrogens is 226 g/mol. The van der Waals surface area contributed by atoms with Crippen molar-refractivity contribution >= 4 is 5.78 Å². The molecule has 0 radical (unpaired) electrons. The number of carbonyl (C=O) groups is 1. The van der Waals surface area contributed by atoms with E-state index in [1.165, 1.54) is 5.69 Å². The van der Waals surface area contributed by atoms with Crippen LogP contribution in [-0.4, -0.2) is 33.3 Å². The van der Waals surface area contributed by atoms with Gasteiger partial charge in [0.1, 0.15) is 5.78 Å². The number of hydrogen-bond donors (Lipinski definition) is 0. The van der Waals surface area contributed by atoms with Crippen molar-refractivity contribution in [2.24, 2.45) is 5.92 Å². The van der Waals surface area contributed by atoms with E-state index in [4.69, 9.17) is 0 Å². The van der Waals surface area contributed by atoms with Crippen LogP contribution in [0.1, 0.15) is 45.3 Å². The van der Waals surface area contributed by atoms with Gasteiger partial charge in [0.15, 0.2) is 0 Å². The molecular formula is C14H23N3O. The van der Waals surface area contributed by atoms with Crippen molar-refractivity contribution in [2.45, 2.75) is 46.2 Å². The molecule has 1 unspecified atom stereocenters. The van der Waals surface area contributed by atoms with E-state index in [-0.39, 0.29) is 5.92 Å². The van der Waals surface area contributed by atoms with Gasteiger partial charge in [0.25, 0.3) is 0 Å². The van der Waals surface area contributed by atoms with Gasteiger partial charge in [-0.1, -0.05) is 0 Å². The van der Waals surface area contributed by atoms with E-state index >= 15 is 0 Å². The summed E-state index contributed by atoms with van der Waals surface area (Å²) in [5, 5.41) is 0. The quantitative estimate of drug-likeness (QED) is 0.821. The van der Waals surface area contributed by atoms with Gasteiger partial charge in [-0.25, -0.2) is 4.98 Å². The Bertz CT molecular complexity index is 411. The van der Waals surface area contributed by atoms with Crippen molar-refractivity contribution in [3.63, 3.8) is 0 Å². The van der Waals surface area contributed by atoms with Gasteiger partial charge in [-0.3, -0.25) is 9.69 Å². The number of rotatable bonds is 4. The lowest BCUT2D eigenvalue weighted by molar-refractivity contribution is -0.122. The topological polar surface area (TPSA) is 38.1 Å². The van der Waals surface area contributed by atoms with Gasteiger partial charge in [-0.15, -0.1) is 0 Å². The smallest absolute Gasteiger partial charge is 0.134 e. The summed E-state index contributed by atoms with van der Waals surface area (Å²) in [7, 11) is 0. The fourth-order valence-electron chi connectivity index (χ4n) is 2.68. The van der Waals surface area contributed by atoms with E-state index in [0.29, 0.717) is 11.8 Å². The molecule has 18 heavy (non-hydrogen) atoms. The second-order valence-corrected chi connectivity index (χ2v) is 5.57. The fraction of sp³-hybridized carbons (Fsp3) is 0.714. The first-order valence-electron chi connectivity index (χ1n) is 6.81. The number of ketones is 1. The van der Waals surface area contributed by atoms with Gasteiger partial charge in [-0.05, 0) is 40.2 Å². The van der Waals surface area contributed by atoms with Crippen LogP contribution < -0.4 is 0 Å². The molecule has 0 N–H and O–H groups in total. The van der Waals surface area contributed by atoms with E-state index in [9.17, 15) is 4.79 Å². The first kappa shape index (κ1) is 13.3. The fourth-order valence-corrected chi connectivity index (χ4v) is 2.68. The summed E-state index contributed by atoms with van der Waals surface area (Å²) in [4.78, 5) is 18.1. The summed E-state index contributed by atoms with van der Waals surface area (Å²) in [5.41, 5.74) is 1.24. The molecule has 0 spiro atoms. The molecule has 4 nitrogen and oxygen atoms in total. The lowest BCUT2D eigenvalue weighted by Gasteiger charge is -2.31. The van der Waals surface area contributed by atoms with E-state index in [2.05, 4.69) is 28.3 Å². The zero-order valence-corrected chi connectivity index (χ0v) is 11.6. The summed E-state index contributed by atoms with van der Waals surface area (Å²) in [6, 6.07) is 0.441. The molecule has 1 fully saturated rings. The van der Waals surface area contributed by atoms with Crippen LogP contribution >= 0.6 is 0 Å². The van der Waals surface area contributed by atoms with Crippen LogP contribution in [0.3, 0.4) is 0 Å². The van der Waals surface area contributed by atoms with Crippen molar-refractivity contribution in [3.8, 4) is 0 Å². The SMILES string of the molecule is CC(=O)C1CCCN(Cc2cncn2C(C)C)C1. The molecule has 2 rings (SSSR count). The number of aromatic nitrogens is 2.